The van der Waals surface area contributed by atoms with E-state index in [-0.39, 0.29) is 22.9 Å². The standard InChI is InChI=1S/C19H22F3N3O3/c1-11-8-12(19(20,21)22)9-14(26)17(11)13-4-5-16(24-23-13)25-6-7-28-15(10-25)18(2,3)27/h4-5,8-9,15,26-27H,6-7,10H2,1-3H3/t15-/m1/s1. The molecule has 9 heteroatoms. The second-order valence-corrected chi connectivity index (χ2v) is 7.42. The smallest absolute Gasteiger partial charge is 0.416 e. The SMILES string of the molecule is Cc1cc(C(F)(F)F)cc(O)c1-c1ccc(N2CCO[C@@H](C(C)(C)O)C2)nn1. The summed E-state index contributed by atoms with van der Waals surface area (Å²) in [6.07, 6.45) is -4.92. The monoisotopic (exact) mass is 397 g/mol. The van der Waals surface area contributed by atoms with Gasteiger partial charge in [-0.3, -0.25) is 0 Å². The number of hydrogen-bond acceptors (Lipinski definition) is 6. The number of aryl methyl sites for hydroxylation is 1. The highest BCUT2D eigenvalue weighted by molar-refractivity contribution is 5.71. The van der Waals surface area contributed by atoms with Gasteiger partial charge in [0, 0.05) is 18.7 Å². The van der Waals surface area contributed by atoms with Crippen molar-refractivity contribution >= 4 is 5.82 Å². The predicted molar refractivity (Wildman–Crippen MR) is 97.1 cm³/mol. The van der Waals surface area contributed by atoms with E-state index in [4.69, 9.17) is 4.74 Å². The third-order valence-corrected chi connectivity index (χ3v) is 4.73. The highest BCUT2D eigenvalue weighted by atomic mass is 19.4. The quantitative estimate of drug-likeness (QED) is 0.829. The van der Waals surface area contributed by atoms with Gasteiger partial charge in [0.15, 0.2) is 5.82 Å². The van der Waals surface area contributed by atoms with Crippen LogP contribution in [0.5, 0.6) is 5.75 Å². The number of phenolic OH excluding ortho intramolecular Hbond substituents is 1. The minimum absolute atomic E-state index is 0.211. The second-order valence-electron chi connectivity index (χ2n) is 7.42. The minimum Gasteiger partial charge on any atom is -0.507 e. The summed E-state index contributed by atoms with van der Waals surface area (Å²) in [5, 5.41) is 28.5. The average Bonchev–Trinajstić information content (AvgIpc) is 2.60. The maximum absolute atomic E-state index is 12.9. The van der Waals surface area contributed by atoms with Crippen LogP contribution in [0.3, 0.4) is 0 Å². The van der Waals surface area contributed by atoms with Crippen molar-refractivity contribution in [2.75, 3.05) is 24.6 Å². The van der Waals surface area contributed by atoms with Crippen molar-refractivity contribution in [3.8, 4) is 17.0 Å². The lowest BCUT2D eigenvalue weighted by atomic mass is 10.00. The van der Waals surface area contributed by atoms with Gasteiger partial charge in [-0.25, -0.2) is 0 Å². The molecule has 1 aromatic carbocycles. The summed E-state index contributed by atoms with van der Waals surface area (Å²) in [6, 6.07) is 4.95. The predicted octanol–water partition coefficient (Wildman–Crippen LogP) is 3.15. The molecule has 1 aromatic heterocycles. The number of benzene rings is 1. The molecule has 28 heavy (non-hydrogen) atoms. The highest BCUT2D eigenvalue weighted by Gasteiger charge is 2.34. The molecule has 2 heterocycles. The Labute approximate surface area is 160 Å². The first-order chi connectivity index (χ1) is 13.0. The van der Waals surface area contributed by atoms with E-state index < -0.39 is 23.1 Å². The van der Waals surface area contributed by atoms with Gasteiger partial charge in [0.25, 0.3) is 0 Å². The maximum Gasteiger partial charge on any atom is 0.416 e. The Morgan fingerprint density at radius 2 is 1.89 bits per heavy atom. The van der Waals surface area contributed by atoms with Gasteiger partial charge in [-0.05, 0) is 50.6 Å². The summed E-state index contributed by atoms with van der Waals surface area (Å²) in [5.74, 6) is 0.0631. The summed E-state index contributed by atoms with van der Waals surface area (Å²) >= 11 is 0. The Bertz CT molecular complexity index is 825. The molecule has 152 valence electrons. The van der Waals surface area contributed by atoms with Gasteiger partial charge >= 0.3 is 6.18 Å². The Balaban J connectivity index is 1.85. The molecular formula is C19H22F3N3O3. The second kappa shape index (κ2) is 7.21. The van der Waals surface area contributed by atoms with Crippen molar-refractivity contribution in [3.63, 3.8) is 0 Å². The zero-order valence-corrected chi connectivity index (χ0v) is 15.8. The summed E-state index contributed by atoms with van der Waals surface area (Å²) in [6.45, 7) is 6.26. The molecule has 0 saturated carbocycles. The van der Waals surface area contributed by atoms with Crippen molar-refractivity contribution in [2.45, 2.75) is 38.7 Å². The number of aromatic hydroxyl groups is 1. The highest BCUT2D eigenvalue weighted by Crippen LogP contribution is 2.38. The largest absolute Gasteiger partial charge is 0.507 e. The number of hydrogen-bond donors (Lipinski definition) is 2. The molecule has 1 aliphatic heterocycles. The zero-order valence-electron chi connectivity index (χ0n) is 15.8. The van der Waals surface area contributed by atoms with E-state index in [0.717, 1.165) is 6.07 Å². The fourth-order valence-electron chi connectivity index (χ4n) is 3.18. The van der Waals surface area contributed by atoms with E-state index in [2.05, 4.69) is 10.2 Å². The molecule has 6 nitrogen and oxygen atoms in total. The minimum atomic E-state index is -4.54. The van der Waals surface area contributed by atoms with Crippen molar-refractivity contribution in [2.24, 2.45) is 0 Å². The topological polar surface area (TPSA) is 78.7 Å². The molecule has 1 fully saturated rings. The zero-order chi connectivity index (χ0) is 20.7. The molecule has 0 spiro atoms. The number of aliphatic hydroxyl groups is 1. The number of phenols is 1. The number of alkyl halides is 3. The first-order valence-electron chi connectivity index (χ1n) is 8.80. The molecule has 1 atom stereocenters. The van der Waals surface area contributed by atoms with Gasteiger partial charge in [0.2, 0.25) is 0 Å². The third-order valence-electron chi connectivity index (χ3n) is 4.73. The van der Waals surface area contributed by atoms with Crippen LogP contribution in [0, 0.1) is 6.92 Å². The van der Waals surface area contributed by atoms with Crippen molar-refractivity contribution in [1.29, 1.82) is 0 Å². The van der Waals surface area contributed by atoms with Gasteiger partial charge in [0.1, 0.15) is 11.9 Å². The fourth-order valence-corrected chi connectivity index (χ4v) is 3.18. The van der Waals surface area contributed by atoms with E-state index in [0.29, 0.717) is 31.6 Å². The summed E-state index contributed by atoms with van der Waals surface area (Å²) in [5.41, 5.74) is -1.18. The normalized spacial score (nSPS) is 18.4. The summed E-state index contributed by atoms with van der Waals surface area (Å²) in [4.78, 5) is 1.92. The van der Waals surface area contributed by atoms with Gasteiger partial charge < -0.3 is 19.8 Å². The lowest BCUT2D eigenvalue weighted by Gasteiger charge is -2.38. The first kappa shape index (κ1) is 20.3. The van der Waals surface area contributed by atoms with Crippen molar-refractivity contribution in [3.05, 3.63) is 35.4 Å². The molecule has 0 bridgehead atoms. The molecule has 2 N–H and O–H groups in total. The van der Waals surface area contributed by atoms with E-state index >= 15 is 0 Å². The Hall–Kier alpha value is -2.39. The molecule has 3 rings (SSSR count). The number of halogens is 3. The van der Waals surface area contributed by atoms with E-state index in [9.17, 15) is 23.4 Å². The van der Waals surface area contributed by atoms with Gasteiger partial charge in [-0.2, -0.15) is 13.2 Å². The average molecular weight is 397 g/mol. The van der Waals surface area contributed by atoms with Crippen molar-refractivity contribution in [1.82, 2.24) is 10.2 Å². The maximum atomic E-state index is 12.9. The van der Waals surface area contributed by atoms with Gasteiger partial charge in [-0.15, -0.1) is 10.2 Å². The number of nitrogens with zero attached hydrogens (tertiary/aromatic N) is 3. The summed E-state index contributed by atoms with van der Waals surface area (Å²) in [7, 11) is 0. The molecular weight excluding hydrogens is 375 g/mol. The van der Waals surface area contributed by atoms with E-state index in [1.165, 1.54) is 6.92 Å². The number of ether oxygens (including phenoxy) is 1. The molecule has 0 amide bonds. The van der Waals surface area contributed by atoms with Crippen LogP contribution in [-0.4, -0.2) is 51.8 Å². The van der Waals surface area contributed by atoms with Gasteiger partial charge in [-0.1, -0.05) is 0 Å². The van der Waals surface area contributed by atoms with Crippen LogP contribution in [-0.2, 0) is 10.9 Å². The Morgan fingerprint density at radius 3 is 2.43 bits per heavy atom. The molecule has 0 radical (unpaired) electrons. The molecule has 0 unspecified atom stereocenters. The van der Waals surface area contributed by atoms with Crippen LogP contribution in [0.1, 0.15) is 25.0 Å². The Morgan fingerprint density at radius 1 is 1.18 bits per heavy atom. The summed E-state index contributed by atoms with van der Waals surface area (Å²) < 4.78 is 44.2. The Kier molecular flexibility index (Phi) is 5.24. The first-order valence-corrected chi connectivity index (χ1v) is 8.80. The third kappa shape index (κ3) is 4.20. The van der Waals surface area contributed by atoms with Crippen LogP contribution < -0.4 is 4.90 Å². The van der Waals surface area contributed by atoms with E-state index in [1.54, 1.807) is 26.0 Å². The number of aromatic nitrogens is 2. The number of anilines is 1. The molecule has 1 saturated heterocycles. The lowest BCUT2D eigenvalue weighted by molar-refractivity contribution is -0.137. The fraction of sp³-hybridized carbons (Fsp3) is 0.474. The number of rotatable bonds is 3. The van der Waals surface area contributed by atoms with E-state index in [1.807, 2.05) is 4.90 Å². The van der Waals surface area contributed by atoms with Gasteiger partial charge in [0.05, 0.1) is 23.5 Å². The van der Waals surface area contributed by atoms with Crippen LogP contribution in [0.15, 0.2) is 24.3 Å². The van der Waals surface area contributed by atoms with Crippen molar-refractivity contribution < 1.29 is 28.1 Å². The molecule has 2 aromatic rings. The van der Waals surface area contributed by atoms with Crippen LogP contribution >= 0.6 is 0 Å². The molecule has 0 aliphatic carbocycles. The van der Waals surface area contributed by atoms with Crippen LogP contribution in [0.2, 0.25) is 0 Å². The lowest BCUT2D eigenvalue weighted by Crippen LogP contribution is -2.52. The molecule has 1 aliphatic rings. The van der Waals surface area contributed by atoms with Crippen LogP contribution in [0.25, 0.3) is 11.3 Å². The number of morpholine rings is 1. The van der Waals surface area contributed by atoms with Crippen LogP contribution in [0.4, 0.5) is 19.0 Å².